The number of carbonyl (C=O) groups excluding carboxylic acids is 2. The zero-order chi connectivity index (χ0) is 22.9. The Bertz CT molecular complexity index is 1080. The average molecular weight is 434 g/mol. The van der Waals surface area contributed by atoms with E-state index in [2.05, 4.69) is 5.32 Å². The highest BCUT2D eigenvalue weighted by Gasteiger charge is 2.10. The van der Waals surface area contributed by atoms with Gasteiger partial charge in [-0.2, -0.15) is 0 Å². The molecule has 0 radical (unpaired) electrons. The van der Waals surface area contributed by atoms with Crippen molar-refractivity contribution in [2.24, 2.45) is 0 Å². The van der Waals surface area contributed by atoms with E-state index in [4.69, 9.17) is 14.2 Å². The van der Waals surface area contributed by atoms with Crippen LogP contribution in [0, 0.1) is 6.92 Å². The van der Waals surface area contributed by atoms with Crippen molar-refractivity contribution in [2.75, 3.05) is 14.2 Å². The minimum Gasteiger partial charge on any atom is -0.496 e. The summed E-state index contributed by atoms with van der Waals surface area (Å²) in [6, 6.07) is 21.3. The van der Waals surface area contributed by atoms with Gasteiger partial charge in [0, 0.05) is 12.1 Å². The molecule has 6 nitrogen and oxygen atoms in total. The first kappa shape index (κ1) is 22.9. The fraction of sp³-hybridized carbons (Fsp3) is 0.231. The summed E-state index contributed by atoms with van der Waals surface area (Å²) in [5, 5.41) is 2.78. The normalized spacial score (nSPS) is 10.3. The predicted octanol–water partition coefficient (Wildman–Crippen LogP) is 4.81. The first-order valence-electron chi connectivity index (χ1n) is 10.3. The number of esters is 1. The first-order valence-corrected chi connectivity index (χ1v) is 10.3. The maximum atomic E-state index is 12.2. The molecule has 3 rings (SSSR count). The summed E-state index contributed by atoms with van der Waals surface area (Å²) in [7, 11) is 2.96. The first-order chi connectivity index (χ1) is 15.5. The molecular formula is C26H27NO5. The minimum atomic E-state index is -0.502. The molecule has 0 fully saturated rings. The lowest BCUT2D eigenvalue weighted by Gasteiger charge is -2.13. The Balaban J connectivity index is 1.67. The molecule has 0 aromatic heterocycles. The van der Waals surface area contributed by atoms with Gasteiger partial charge in [-0.15, -0.1) is 0 Å². The molecule has 0 bridgehead atoms. The van der Waals surface area contributed by atoms with Crippen molar-refractivity contribution in [2.45, 2.75) is 26.5 Å². The average Bonchev–Trinajstić information content (AvgIpc) is 2.82. The molecule has 6 heteroatoms. The largest absolute Gasteiger partial charge is 0.496 e. The summed E-state index contributed by atoms with van der Waals surface area (Å²) in [5.41, 5.74) is 5.66. The second kappa shape index (κ2) is 11.0. The smallest absolute Gasteiger partial charge is 0.407 e. The van der Waals surface area contributed by atoms with Crippen LogP contribution in [0.15, 0.2) is 66.7 Å². The van der Waals surface area contributed by atoms with E-state index in [0.717, 1.165) is 33.4 Å². The van der Waals surface area contributed by atoms with Gasteiger partial charge in [-0.05, 0) is 41.3 Å². The minimum absolute atomic E-state index is 0.205. The molecule has 0 atom stereocenters. The van der Waals surface area contributed by atoms with Crippen molar-refractivity contribution in [3.05, 3.63) is 89.0 Å². The van der Waals surface area contributed by atoms with E-state index in [0.29, 0.717) is 5.75 Å². The van der Waals surface area contributed by atoms with Crippen LogP contribution in [0.3, 0.4) is 0 Å². The molecule has 32 heavy (non-hydrogen) atoms. The number of hydrogen-bond donors (Lipinski definition) is 1. The van der Waals surface area contributed by atoms with Crippen LogP contribution in [0.5, 0.6) is 5.75 Å². The van der Waals surface area contributed by atoms with Crippen LogP contribution in [-0.4, -0.2) is 26.3 Å². The Morgan fingerprint density at radius 2 is 1.62 bits per heavy atom. The van der Waals surface area contributed by atoms with E-state index >= 15 is 0 Å². The van der Waals surface area contributed by atoms with Gasteiger partial charge in [0.2, 0.25) is 0 Å². The second-order valence-corrected chi connectivity index (χ2v) is 7.40. The fourth-order valence-corrected chi connectivity index (χ4v) is 3.25. The Morgan fingerprint density at radius 1 is 0.875 bits per heavy atom. The monoisotopic (exact) mass is 433 g/mol. The molecule has 3 aromatic carbocycles. The van der Waals surface area contributed by atoms with Crippen molar-refractivity contribution in [1.82, 2.24) is 5.32 Å². The molecule has 0 aliphatic carbocycles. The number of methoxy groups -OCH3 is 2. The molecule has 0 aliphatic rings. The molecular weight excluding hydrogens is 406 g/mol. The van der Waals surface area contributed by atoms with Gasteiger partial charge in [-0.3, -0.25) is 4.79 Å². The van der Waals surface area contributed by atoms with Gasteiger partial charge in [0.25, 0.3) is 0 Å². The predicted molar refractivity (Wildman–Crippen MR) is 122 cm³/mol. The highest BCUT2D eigenvalue weighted by atomic mass is 16.5. The molecule has 166 valence electrons. The van der Waals surface area contributed by atoms with Gasteiger partial charge in [0.15, 0.2) is 0 Å². The van der Waals surface area contributed by atoms with Crippen LogP contribution >= 0.6 is 0 Å². The highest BCUT2D eigenvalue weighted by molar-refractivity contribution is 5.74. The Morgan fingerprint density at radius 3 is 2.34 bits per heavy atom. The van der Waals surface area contributed by atoms with E-state index in [9.17, 15) is 9.59 Å². The van der Waals surface area contributed by atoms with Crippen LogP contribution in [0.2, 0.25) is 0 Å². The molecule has 3 aromatic rings. The number of ether oxygens (including phenoxy) is 3. The van der Waals surface area contributed by atoms with Gasteiger partial charge in [0.05, 0.1) is 20.6 Å². The van der Waals surface area contributed by atoms with Crippen LogP contribution < -0.4 is 10.1 Å². The molecule has 0 saturated heterocycles. The van der Waals surface area contributed by atoms with Crippen molar-refractivity contribution in [3.63, 3.8) is 0 Å². The molecule has 1 N–H and O–H groups in total. The van der Waals surface area contributed by atoms with Crippen molar-refractivity contribution >= 4 is 12.1 Å². The Kier molecular flexibility index (Phi) is 7.86. The molecule has 0 heterocycles. The number of alkyl carbamates (subject to hydrolysis) is 1. The van der Waals surface area contributed by atoms with Crippen molar-refractivity contribution in [3.8, 4) is 16.9 Å². The van der Waals surface area contributed by atoms with Crippen molar-refractivity contribution < 1.29 is 23.8 Å². The van der Waals surface area contributed by atoms with Gasteiger partial charge >= 0.3 is 12.1 Å². The van der Waals surface area contributed by atoms with Crippen LogP contribution in [-0.2, 0) is 33.8 Å². The summed E-state index contributed by atoms with van der Waals surface area (Å²) in [6.45, 7) is 2.47. The van der Waals surface area contributed by atoms with E-state index in [-0.39, 0.29) is 25.5 Å². The van der Waals surface area contributed by atoms with Crippen LogP contribution in [0.1, 0.15) is 22.3 Å². The Labute approximate surface area is 188 Å². The number of benzene rings is 3. The maximum absolute atomic E-state index is 12.2. The molecule has 0 unspecified atom stereocenters. The summed E-state index contributed by atoms with van der Waals surface area (Å²) in [4.78, 5) is 23.8. The number of rotatable bonds is 8. The molecule has 0 spiro atoms. The van der Waals surface area contributed by atoms with Gasteiger partial charge < -0.3 is 19.5 Å². The van der Waals surface area contributed by atoms with E-state index in [1.807, 2.05) is 73.7 Å². The molecule has 1 amide bonds. The third kappa shape index (κ3) is 6.35. The van der Waals surface area contributed by atoms with E-state index < -0.39 is 6.09 Å². The summed E-state index contributed by atoms with van der Waals surface area (Å²) < 4.78 is 15.5. The maximum Gasteiger partial charge on any atom is 0.407 e. The summed E-state index contributed by atoms with van der Waals surface area (Å²) in [5.74, 6) is 0.379. The zero-order valence-electron chi connectivity index (χ0n) is 18.5. The Hall–Kier alpha value is -3.80. The van der Waals surface area contributed by atoms with E-state index in [1.54, 1.807) is 7.11 Å². The van der Waals surface area contributed by atoms with Crippen LogP contribution in [0.4, 0.5) is 4.79 Å². The van der Waals surface area contributed by atoms with Gasteiger partial charge in [-0.1, -0.05) is 60.2 Å². The fourth-order valence-electron chi connectivity index (χ4n) is 3.25. The standard InChI is InChI=1S/C26H27NO5/c1-18-7-9-19(10-8-18)17-32-26(29)27-16-23-15-22(11-12-24(23)30-2)21-6-4-5-20(13-21)14-25(28)31-3/h4-13,15H,14,16-17H2,1-3H3,(H,27,29). The third-order valence-corrected chi connectivity index (χ3v) is 5.03. The van der Waals surface area contributed by atoms with Crippen LogP contribution in [0.25, 0.3) is 11.1 Å². The number of nitrogens with one attached hydrogen (secondary N) is 1. The molecule has 0 saturated carbocycles. The summed E-state index contributed by atoms with van der Waals surface area (Å²) >= 11 is 0. The topological polar surface area (TPSA) is 73.9 Å². The quantitative estimate of drug-likeness (QED) is 0.516. The van der Waals surface area contributed by atoms with E-state index in [1.165, 1.54) is 7.11 Å². The number of carbonyl (C=O) groups is 2. The molecule has 0 aliphatic heterocycles. The summed E-state index contributed by atoms with van der Waals surface area (Å²) in [6.07, 6.45) is -0.292. The highest BCUT2D eigenvalue weighted by Crippen LogP contribution is 2.27. The number of aryl methyl sites for hydroxylation is 1. The number of amides is 1. The van der Waals surface area contributed by atoms with Crippen molar-refractivity contribution in [1.29, 1.82) is 0 Å². The van der Waals surface area contributed by atoms with Gasteiger partial charge in [-0.25, -0.2) is 4.79 Å². The lowest BCUT2D eigenvalue weighted by atomic mass is 9.99. The van der Waals surface area contributed by atoms with Gasteiger partial charge in [0.1, 0.15) is 12.4 Å². The lowest BCUT2D eigenvalue weighted by Crippen LogP contribution is -2.23. The third-order valence-electron chi connectivity index (χ3n) is 5.03. The zero-order valence-corrected chi connectivity index (χ0v) is 18.5. The number of hydrogen-bond acceptors (Lipinski definition) is 5. The SMILES string of the molecule is COC(=O)Cc1cccc(-c2ccc(OC)c(CNC(=O)OCc3ccc(C)cc3)c2)c1. The second-order valence-electron chi connectivity index (χ2n) is 7.40. The lowest BCUT2D eigenvalue weighted by molar-refractivity contribution is -0.139.